The molecule has 0 saturated heterocycles. The lowest BCUT2D eigenvalue weighted by atomic mass is 9.63. The zero-order chi connectivity index (χ0) is 29.5. The first-order valence-electron chi connectivity index (χ1n) is 14.4. The van der Waals surface area contributed by atoms with E-state index in [4.69, 9.17) is 32.7 Å². The summed E-state index contributed by atoms with van der Waals surface area (Å²) in [5.74, 6) is 0.421. The van der Waals surface area contributed by atoms with Crippen LogP contribution >= 0.6 is 23.2 Å². The number of carbonyl (C=O) groups excluding carboxylic acids is 2. The monoisotopic (exact) mass is 595 g/mol. The normalized spacial score (nSPS) is 20.3. The maximum absolute atomic E-state index is 14.1. The summed E-state index contributed by atoms with van der Waals surface area (Å²) in [7, 11) is 1.71. The van der Waals surface area contributed by atoms with Crippen LogP contribution in [-0.2, 0) is 20.9 Å². The Morgan fingerprint density at radius 1 is 0.854 bits per heavy atom. The van der Waals surface area contributed by atoms with E-state index in [1.165, 1.54) is 0 Å². The van der Waals surface area contributed by atoms with E-state index in [0.29, 0.717) is 41.8 Å². The zero-order valence-electron chi connectivity index (χ0n) is 24.6. The van der Waals surface area contributed by atoms with E-state index in [-0.39, 0.29) is 29.0 Å². The smallest absolute Gasteiger partial charge is 0.162 e. The quantitative estimate of drug-likeness (QED) is 0.287. The molecule has 3 aliphatic rings. The van der Waals surface area contributed by atoms with Crippen molar-refractivity contribution in [2.45, 2.75) is 72.3 Å². The topological polar surface area (TPSA) is 55.8 Å². The molecule has 0 saturated carbocycles. The molecule has 0 radical (unpaired) electrons. The Hall–Kier alpha value is -2.60. The van der Waals surface area contributed by atoms with Crippen molar-refractivity contribution in [3.63, 3.8) is 0 Å². The summed E-state index contributed by atoms with van der Waals surface area (Å²) in [5.41, 5.74) is 5.00. The van der Waals surface area contributed by atoms with Crippen LogP contribution < -0.4 is 4.74 Å². The van der Waals surface area contributed by atoms with Gasteiger partial charge in [-0.15, -0.1) is 0 Å². The van der Waals surface area contributed by atoms with Crippen molar-refractivity contribution in [3.05, 3.63) is 86.2 Å². The van der Waals surface area contributed by atoms with E-state index in [2.05, 4.69) is 32.6 Å². The number of methoxy groups -OCH3 is 1. The Morgan fingerprint density at radius 2 is 1.46 bits per heavy atom. The van der Waals surface area contributed by atoms with Gasteiger partial charge >= 0.3 is 0 Å². The molecule has 5 rings (SSSR count). The van der Waals surface area contributed by atoms with Gasteiger partial charge in [-0.2, -0.15) is 0 Å². The predicted octanol–water partition coefficient (Wildman–Crippen LogP) is 8.29. The van der Waals surface area contributed by atoms with Crippen LogP contribution in [-0.4, -0.2) is 36.7 Å². The van der Waals surface area contributed by atoms with E-state index in [9.17, 15) is 9.59 Å². The average molecular weight is 597 g/mol. The fourth-order valence-corrected chi connectivity index (χ4v) is 6.96. The van der Waals surface area contributed by atoms with E-state index in [1.807, 2.05) is 30.3 Å². The molecule has 2 aliphatic carbocycles. The number of para-hydroxylation sites is 1. The van der Waals surface area contributed by atoms with Crippen LogP contribution in [0.2, 0.25) is 10.0 Å². The average Bonchev–Trinajstić information content (AvgIpc) is 2.88. The minimum Gasteiger partial charge on any atom is -0.489 e. The van der Waals surface area contributed by atoms with Crippen LogP contribution in [0.25, 0.3) is 0 Å². The lowest BCUT2D eigenvalue weighted by molar-refractivity contribution is -0.119. The molecule has 1 heterocycles. The lowest BCUT2D eigenvalue weighted by Gasteiger charge is -2.49. The molecule has 2 aromatic carbocycles. The highest BCUT2D eigenvalue weighted by molar-refractivity contribution is 6.42. The second-order valence-electron chi connectivity index (χ2n) is 13.1. The van der Waals surface area contributed by atoms with Crippen molar-refractivity contribution in [2.24, 2.45) is 10.8 Å². The van der Waals surface area contributed by atoms with Crippen LogP contribution in [0.4, 0.5) is 0 Å². The molecule has 2 aromatic rings. The number of rotatable bonds is 8. The summed E-state index contributed by atoms with van der Waals surface area (Å²) in [6.45, 7) is 10.2. The fraction of sp³-hybridized carbons (Fsp3) is 0.471. The van der Waals surface area contributed by atoms with Crippen molar-refractivity contribution in [1.29, 1.82) is 0 Å². The fourth-order valence-electron chi connectivity index (χ4n) is 6.64. The van der Waals surface area contributed by atoms with E-state index >= 15 is 0 Å². The van der Waals surface area contributed by atoms with E-state index in [1.54, 1.807) is 19.2 Å². The van der Waals surface area contributed by atoms with Gasteiger partial charge in [-0.05, 0) is 53.9 Å². The van der Waals surface area contributed by atoms with Crippen LogP contribution in [0.5, 0.6) is 5.75 Å². The second-order valence-corrected chi connectivity index (χ2v) is 13.9. The molecule has 0 N–H and O–H groups in total. The minimum atomic E-state index is -0.462. The molecule has 0 unspecified atom stereocenters. The molecule has 0 atom stereocenters. The summed E-state index contributed by atoms with van der Waals surface area (Å²) < 4.78 is 11.8. The molecule has 1 aliphatic heterocycles. The first-order valence-corrected chi connectivity index (χ1v) is 15.1. The van der Waals surface area contributed by atoms with Gasteiger partial charge in [0, 0.05) is 67.1 Å². The van der Waals surface area contributed by atoms with Crippen LogP contribution in [0.15, 0.2) is 65.0 Å². The molecule has 0 fully saturated rings. The van der Waals surface area contributed by atoms with Crippen molar-refractivity contribution in [1.82, 2.24) is 4.90 Å². The Balaban J connectivity index is 1.65. The SMILES string of the molecule is COCCCN1C2=C(C(=O)CC(C)(C)C2)C(c2ccccc2OCc2ccc(Cl)c(Cl)c2)C2=C1CC(C)(C)CC2=O. The summed E-state index contributed by atoms with van der Waals surface area (Å²) >= 11 is 12.4. The number of ether oxygens (including phenoxy) is 2. The van der Waals surface area contributed by atoms with Crippen LogP contribution in [0.3, 0.4) is 0 Å². The molecular weight excluding hydrogens is 557 g/mol. The van der Waals surface area contributed by atoms with Gasteiger partial charge in [0.1, 0.15) is 12.4 Å². The molecule has 5 nitrogen and oxygen atoms in total. The third kappa shape index (κ3) is 6.14. The van der Waals surface area contributed by atoms with E-state index < -0.39 is 5.92 Å². The Kier molecular flexibility index (Phi) is 8.44. The maximum Gasteiger partial charge on any atom is 0.162 e. The molecule has 0 aromatic heterocycles. The van der Waals surface area contributed by atoms with Gasteiger partial charge in [0.05, 0.1) is 10.0 Å². The molecule has 0 bridgehead atoms. The minimum absolute atomic E-state index is 0.112. The zero-order valence-corrected chi connectivity index (χ0v) is 26.1. The number of benzene rings is 2. The molecule has 0 amide bonds. The van der Waals surface area contributed by atoms with Crippen molar-refractivity contribution in [2.75, 3.05) is 20.3 Å². The first kappa shape index (κ1) is 29.9. The number of hydrogen-bond acceptors (Lipinski definition) is 5. The number of nitrogens with zero attached hydrogens (tertiary/aromatic N) is 1. The largest absolute Gasteiger partial charge is 0.489 e. The van der Waals surface area contributed by atoms with Gasteiger partial charge in [0.2, 0.25) is 0 Å². The number of halogens is 2. The highest BCUT2D eigenvalue weighted by Crippen LogP contribution is 2.55. The second kappa shape index (κ2) is 11.6. The number of carbonyl (C=O) groups is 2. The van der Waals surface area contributed by atoms with Crippen LogP contribution in [0, 0.1) is 10.8 Å². The summed E-state index contributed by atoms with van der Waals surface area (Å²) in [6, 6.07) is 13.3. The third-order valence-electron chi connectivity index (χ3n) is 8.36. The van der Waals surface area contributed by atoms with Gasteiger partial charge in [-0.25, -0.2) is 0 Å². The van der Waals surface area contributed by atoms with Gasteiger partial charge in [-0.1, -0.05) is 75.2 Å². The molecule has 41 heavy (non-hydrogen) atoms. The van der Waals surface area contributed by atoms with Crippen molar-refractivity contribution >= 4 is 34.8 Å². The van der Waals surface area contributed by atoms with Gasteiger partial charge in [-0.3, -0.25) is 9.59 Å². The molecular formula is C34H39Cl2NO4. The van der Waals surface area contributed by atoms with Gasteiger partial charge in [0.15, 0.2) is 11.6 Å². The number of ketones is 2. The summed E-state index contributed by atoms with van der Waals surface area (Å²) in [5, 5.41) is 0.960. The summed E-state index contributed by atoms with van der Waals surface area (Å²) in [4.78, 5) is 30.4. The predicted molar refractivity (Wildman–Crippen MR) is 163 cm³/mol. The Bertz CT molecular complexity index is 1380. The third-order valence-corrected chi connectivity index (χ3v) is 9.10. The van der Waals surface area contributed by atoms with Crippen molar-refractivity contribution < 1.29 is 19.1 Å². The number of Topliss-reactive ketones (excluding diaryl/α,β-unsaturated/α-hetero) is 2. The Morgan fingerprint density at radius 3 is 2.05 bits per heavy atom. The standard InChI is InChI=1S/C34H39Cl2NO4/c1-33(2)16-25-31(27(38)18-33)30(32-26(37(25)13-8-14-40-5)17-34(3,4)19-28(32)39)22-9-6-7-10-29(22)41-20-21-11-12-23(35)24(36)15-21/h6-7,9-12,15,30H,8,13-14,16-20H2,1-5H3. The highest BCUT2D eigenvalue weighted by Gasteiger charge is 2.49. The maximum atomic E-state index is 14.1. The lowest BCUT2D eigenvalue weighted by Crippen LogP contribution is -2.44. The number of hydrogen-bond donors (Lipinski definition) is 0. The first-order chi connectivity index (χ1) is 19.4. The molecule has 218 valence electrons. The van der Waals surface area contributed by atoms with E-state index in [0.717, 1.165) is 52.9 Å². The van der Waals surface area contributed by atoms with Crippen molar-refractivity contribution in [3.8, 4) is 5.75 Å². The van der Waals surface area contributed by atoms with Gasteiger partial charge < -0.3 is 14.4 Å². The summed E-state index contributed by atoms with van der Waals surface area (Å²) in [6.07, 6.45) is 3.25. The van der Waals surface area contributed by atoms with Crippen LogP contribution in [0.1, 0.15) is 76.8 Å². The van der Waals surface area contributed by atoms with Gasteiger partial charge in [0.25, 0.3) is 0 Å². The highest BCUT2D eigenvalue weighted by atomic mass is 35.5. The molecule has 0 spiro atoms. The number of allylic oxidation sites excluding steroid dienone is 4. The molecule has 7 heteroatoms. The Labute approximate surface area is 253 Å².